The SMILES string of the molecule is CS(=O)(=O)OCCc1ncccc1C(F)(F)F. The van der Waals surface area contributed by atoms with Gasteiger partial charge in [0.15, 0.2) is 0 Å². The van der Waals surface area contributed by atoms with Crippen molar-refractivity contribution in [1.82, 2.24) is 4.98 Å². The van der Waals surface area contributed by atoms with Crippen LogP contribution in [0.25, 0.3) is 0 Å². The van der Waals surface area contributed by atoms with Crippen molar-refractivity contribution in [2.45, 2.75) is 12.6 Å². The van der Waals surface area contributed by atoms with Gasteiger partial charge in [-0.1, -0.05) is 0 Å². The molecule has 17 heavy (non-hydrogen) atoms. The topological polar surface area (TPSA) is 56.3 Å². The number of alkyl halides is 3. The van der Waals surface area contributed by atoms with E-state index in [1.807, 2.05) is 0 Å². The zero-order valence-corrected chi connectivity index (χ0v) is 9.68. The lowest BCUT2D eigenvalue weighted by Gasteiger charge is -2.11. The highest BCUT2D eigenvalue weighted by Crippen LogP contribution is 2.31. The van der Waals surface area contributed by atoms with Crippen molar-refractivity contribution < 1.29 is 25.8 Å². The lowest BCUT2D eigenvalue weighted by atomic mass is 10.1. The maximum Gasteiger partial charge on any atom is 0.418 e. The summed E-state index contributed by atoms with van der Waals surface area (Å²) in [5.41, 5.74) is -1.11. The van der Waals surface area contributed by atoms with Gasteiger partial charge in [0.2, 0.25) is 0 Å². The van der Waals surface area contributed by atoms with Gasteiger partial charge in [-0.05, 0) is 12.1 Å². The summed E-state index contributed by atoms with van der Waals surface area (Å²) < 4.78 is 63.2. The molecule has 1 rings (SSSR count). The molecule has 0 unspecified atom stereocenters. The van der Waals surface area contributed by atoms with E-state index in [-0.39, 0.29) is 18.7 Å². The molecule has 96 valence electrons. The zero-order valence-electron chi connectivity index (χ0n) is 8.86. The fourth-order valence-corrected chi connectivity index (χ4v) is 1.57. The highest BCUT2D eigenvalue weighted by molar-refractivity contribution is 7.85. The van der Waals surface area contributed by atoms with Crippen LogP contribution in [0.3, 0.4) is 0 Å². The Bertz CT molecular complexity index is 485. The average molecular weight is 269 g/mol. The summed E-state index contributed by atoms with van der Waals surface area (Å²) in [5.74, 6) is 0. The molecule has 0 radical (unpaired) electrons. The molecular formula is C9H10F3NO3S. The predicted molar refractivity (Wildman–Crippen MR) is 53.7 cm³/mol. The van der Waals surface area contributed by atoms with Crippen molar-refractivity contribution in [3.8, 4) is 0 Å². The van der Waals surface area contributed by atoms with Crippen molar-refractivity contribution in [1.29, 1.82) is 0 Å². The first-order valence-corrected chi connectivity index (χ1v) is 6.37. The fraction of sp³-hybridized carbons (Fsp3) is 0.444. The number of rotatable bonds is 4. The van der Waals surface area contributed by atoms with Gasteiger partial charge < -0.3 is 0 Å². The van der Waals surface area contributed by atoms with Gasteiger partial charge in [-0.15, -0.1) is 0 Å². The summed E-state index contributed by atoms with van der Waals surface area (Å²) in [7, 11) is -3.65. The largest absolute Gasteiger partial charge is 0.418 e. The van der Waals surface area contributed by atoms with Crippen LogP contribution in [-0.4, -0.2) is 26.3 Å². The minimum atomic E-state index is -4.51. The molecule has 0 aliphatic rings. The summed E-state index contributed by atoms with van der Waals surface area (Å²) in [6, 6.07) is 2.06. The molecule has 0 aliphatic heterocycles. The molecule has 1 aromatic heterocycles. The van der Waals surface area contributed by atoms with E-state index in [4.69, 9.17) is 0 Å². The fourth-order valence-electron chi connectivity index (χ4n) is 1.19. The third kappa shape index (κ3) is 4.70. The second-order valence-electron chi connectivity index (χ2n) is 3.27. The van der Waals surface area contributed by atoms with Gasteiger partial charge in [-0.2, -0.15) is 21.6 Å². The van der Waals surface area contributed by atoms with Crippen LogP contribution in [0, 0.1) is 0 Å². The van der Waals surface area contributed by atoms with Crippen LogP contribution in [0.5, 0.6) is 0 Å². The Labute approximate surface area is 96.6 Å². The van der Waals surface area contributed by atoms with E-state index in [2.05, 4.69) is 9.17 Å². The molecule has 8 heteroatoms. The van der Waals surface area contributed by atoms with Gasteiger partial charge in [-0.25, -0.2) is 0 Å². The van der Waals surface area contributed by atoms with Crippen LogP contribution in [0.1, 0.15) is 11.3 Å². The van der Waals surface area contributed by atoms with Gasteiger partial charge in [0.25, 0.3) is 10.1 Å². The summed E-state index contributed by atoms with van der Waals surface area (Å²) in [6.07, 6.45) is -2.68. The molecule has 1 aromatic rings. The first-order chi connectivity index (χ1) is 7.70. The van der Waals surface area contributed by atoms with E-state index in [1.54, 1.807) is 0 Å². The minimum Gasteiger partial charge on any atom is -0.270 e. The van der Waals surface area contributed by atoms with Crippen molar-refractivity contribution in [3.63, 3.8) is 0 Å². The summed E-state index contributed by atoms with van der Waals surface area (Å²) in [5, 5.41) is 0. The van der Waals surface area contributed by atoms with Crippen LogP contribution in [0.15, 0.2) is 18.3 Å². The second kappa shape index (κ2) is 5.01. The molecular weight excluding hydrogens is 259 g/mol. The Morgan fingerprint density at radius 3 is 2.59 bits per heavy atom. The van der Waals surface area contributed by atoms with Gasteiger partial charge in [-0.3, -0.25) is 9.17 Å². The van der Waals surface area contributed by atoms with E-state index in [0.717, 1.165) is 12.3 Å². The predicted octanol–water partition coefficient (Wildman–Crippen LogP) is 1.62. The molecule has 1 heterocycles. The molecule has 0 saturated carbocycles. The number of aromatic nitrogens is 1. The molecule has 0 bridgehead atoms. The molecule has 0 aliphatic carbocycles. The van der Waals surface area contributed by atoms with Crippen molar-refractivity contribution >= 4 is 10.1 Å². The summed E-state index contributed by atoms with van der Waals surface area (Å²) in [6.45, 7) is -0.362. The molecule has 4 nitrogen and oxygen atoms in total. The van der Waals surface area contributed by atoms with Gasteiger partial charge in [0.05, 0.1) is 24.1 Å². The quantitative estimate of drug-likeness (QED) is 0.779. The van der Waals surface area contributed by atoms with E-state index in [1.165, 1.54) is 12.3 Å². The molecule has 0 spiro atoms. The smallest absolute Gasteiger partial charge is 0.270 e. The Morgan fingerprint density at radius 2 is 2.06 bits per heavy atom. The van der Waals surface area contributed by atoms with Crippen LogP contribution < -0.4 is 0 Å². The Hall–Kier alpha value is -1.15. The summed E-state index contributed by atoms with van der Waals surface area (Å²) in [4.78, 5) is 3.57. The lowest BCUT2D eigenvalue weighted by molar-refractivity contribution is -0.138. The first kappa shape index (κ1) is 13.9. The van der Waals surface area contributed by atoms with Crippen molar-refractivity contribution in [3.05, 3.63) is 29.6 Å². The van der Waals surface area contributed by atoms with Crippen molar-refractivity contribution in [2.75, 3.05) is 12.9 Å². The second-order valence-corrected chi connectivity index (χ2v) is 4.92. The number of hydrogen-bond donors (Lipinski definition) is 0. The molecule has 0 atom stereocenters. The van der Waals surface area contributed by atoms with E-state index in [9.17, 15) is 21.6 Å². The maximum absolute atomic E-state index is 12.5. The highest BCUT2D eigenvalue weighted by atomic mass is 32.2. The van der Waals surface area contributed by atoms with Crippen LogP contribution in [0.4, 0.5) is 13.2 Å². The van der Waals surface area contributed by atoms with Gasteiger partial charge >= 0.3 is 6.18 Å². The highest BCUT2D eigenvalue weighted by Gasteiger charge is 2.33. The third-order valence-electron chi connectivity index (χ3n) is 1.83. The Kier molecular flexibility index (Phi) is 4.10. The Morgan fingerprint density at radius 1 is 1.41 bits per heavy atom. The lowest BCUT2D eigenvalue weighted by Crippen LogP contribution is -2.13. The summed E-state index contributed by atoms with van der Waals surface area (Å²) >= 11 is 0. The van der Waals surface area contributed by atoms with Gasteiger partial charge in [0, 0.05) is 12.6 Å². The van der Waals surface area contributed by atoms with E-state index in [0.29, 0.717) is 0 Å². The standard InChI is InChI=1S/C9H10F3NO3S/c1-17(14,15)16-6-4-8-7(9(10,11)12)3-2-5-13-8/h2-3,5H,4,6H2,1H3. The number of hydrogen-bond acceptors (Lipinski definition) is 4. The normalized spacial score (nSPS) is 12.7. The van der Waals surface area contributed by atoms with E-state index < -0.39 is 21.9 Å². The first-order valence-electron chi connectivity index (χ1n) is 4.55. The molecule has 0 aromatic carbocycles. The zero-order chi connectivity index (χ0) is 13.1. The molecule has 0 saturated heterocycles. The van der Waals surface area contributed by atoms with Crippen molar-refractivity contribution in [2.24, 2.45) is 0 Å². The van der Waals surface area contributed by atoms with Crippen LogP contribution in [-0.2, 0) is 26.9 Å². The minimum absolute atomic E-state index is 0.219. The van der Waals surface area contributed by atoms with E-state index >= 15 is 0 Å². The number of halogens is 3. The van der Waals surface area contributed by atoms with Gasteiger partial charge in [0.1, 0.15) is 0 Å². The van der Waals surface area contributed by atoms with Crippen LogP contribution >= 0.6 is 0 Å². The van der Waals surface area contributed by atoms with Crippen LogP contribution in [0.2, 0.25) is 0 Å². The average Bonchev–Trinajstić information content (AvgIpc) is 2.15. The number of pyridine rings is 1. The molecule has 0 fully saturated rings. The third-order valence-corrected chi connectivity index (χ3v) is 2.43. The molecule has 0 N–H and O–H groups in total. The monoisotopic (exact) mass is 269 g/mol. The maximum atomic E-state index is 12.5. The Balaban J connectivity index is 2.78. The molecule has 0 amide bonds. The number of nitrogens with zero attached hydrogens (tertiary/aromatic N) is 1.